The molecule has 0 saturated carbocycles. The molecule has 5 N–H and O–H groups in total. The zero-order valence-electron chi connectivity index (χ0n) is 8.79. The monoisotopic (exact) mass is 221 g/mol. The van der Waals surface area contributed by atoms with Crippen molar-refractivity contribution in [2.75, 3.05) is 13.1 Å². The summed E-state index contributed by atoms with van der Waals surface area (Å²) in [6, 6.07) is 0. The number of rotatable bonds is 4. The second-order valence-electron chi connectivity index (χ2n) is 2.72. The fourth-order valence-corrected chi connectivity index (χ4v) is 0.922. The number of aliphatic imine (C=N–C) groups is 1. The van der Waals surface area contributed by atoms with Crippen molar-refractivity contribution in [1.29, 1.82) is 5.41 Å². The quantitative estimate of drug-likeness (QED) is 0.483. The van der Waals surface area contributed by atoms with Crippen molar-refractivity contribution in [2.45, 2.75) is 26.7 Å². The highest BCUT2D eigenvalue weighted by molar-refractivity contribution is 5.95. The highest BCUT2D eigenvalue weighted by atomic mass is 35.5. The molecular formula is C8H20ClN5. The van der Waals surface area contributed by atoms with Crippen LogP contribution in [0, 0.1) is 5.41 Å². The van der Waals surface area contributed by atoms with E-state index in [4.69, 9.17) is 16.9 Å². The standard InChI is InChI=1S/C8H19N5.ClH/c1-3-5-6-13(7(9)10)8(11)12-4-2;/h3-6H2,1-2H3,(H3,9,10)(H2,11,12);1H. The SMILES string of the molecule is CCCCN(C(=N)N)C(N)=NCC.Cl. The lowest BCUT2D eigenvalue weighted by molar-refractivity contribution is 0.552. The van der Waals surface area contributed by atoms with Crippen LogP contribution in [0.3, 0.4) is 0 Å². The largest absolute Gasteiger partial charge is 0.370 e. The molecule has 0 aromatic rings. The average molecular weight is 222 g/mol. The first-order valence-electron chi connectivity index (χ1n) is 4.54. The number of nitrogens with zero attached hydrogens (tertiary/aromatic N) is 2. The van der Waals surface area contributed by atoms with Crippen LogP contribution in [-0.4, -0.2) is 29.9 Å². The van der Waals surface area contributed by atoms with Gasteiger partial charge in [0.05, 0.1) is 0 Å². The fourth-order valence-electron chi connectivity index (χ4n) is 0.922. The van der Waals surface area contributed by atoms with Gasteiger partial charge in [0, 0.05) is 13.1 Å². The molecule has 0 aliphatic heterocycles. The van der Waals surface area contributed by atoms with E-state index in [0.717, 1.165) is 12.8 Å². The maximum Gasteiger partial charge on any atom is 0.198 e. The lowest BCUT2D eigenvalue weighted by atomic mass is 10.3. The van der Waals surface area contributed by atoms with Gasteiger partial charge in [-0.1, -0.05) is 13.3 Å². The number of nitrogens with one attached hydrogen (secondary N) is 1. The van der Waals surface area contributed by atoms with Crippen LogP contribution in [0.25, 0.3) is 0 Å². The highest BCUT2D eigenvalue weighted by Crippen LogP contribution is 1.93. The van der Waals surface area contributed by atoms with Crippen LogP contribution in [0.5, 0.6) is 0 Å². The van der Waals surface area contributed by atoms with Crippen LogP contribution in [-0.2, 0) is 0 Å². The molecule has 14 heavy (non-hydrogen) atoms. The topological polar surface area (TPSA) is 91.5 Å². The fraction of sp³-hybridized carbons (Fsp3) is 0.750. The van der Waals surface area contributed by atoms with E-state index in [2.05, 4.69) is 11.9 Å². The van der Waals surface area contributed by atoms with Crippen LogP contribution in [0.1, 0.15) is 26.7 Å². The first-order chi connectivity index (χ1) is 6.13. The van der Waals surface area contributed by atoms with Crippen LogP contribution < -0.4 is 11.5 Å². The molecule has 0 aromatic heterocycles. The summed E-state index contributed by atoms with van der Waals surface area (Å²) in [7, 11) is 0. The van der Waals surface area contributed by atoms with E-state index in [0.29, 0.717) is 19.0 Å². The Labute approximate surface area is 91.5 Å². The van der Waals surface area contributed by atoms with E-state index in [-0.39, 0.29) is 18.4 Å². The van der Waals surface area contributed by atoms with Crippen molar-refractivity contribution in [3.05, 3.63) is 0 Å². The van der Waals surface area contributed by atoms with Gasteiger partial charge in [0.1, 0.15) is 0 Å². The summed E-state index contributed by atoms with van der Waals surface area (Å²) in [6.07, 6.45) is 2.00. The molecule has 0 heterocycles. The van der Waals surface area contributed by atoms with Gasteiger partial charge >= 0.3 is 0 Å². The Morgan fingerprint density at radius 3 is 2.29 bits per heavy atom. The van der Waals surface area contributed by atoms with E-state index in [1.807, 2.05) is 6.92 Å². The predicted molar refractivity (Wildman–Crippen MR) is 62.9 cm³/mol. The summed E-state index contributed by atoms with van der Waals surface area (Å²) in [5, 5.41) is 7.28. The molecule has 0 spiro atoms. The van der Waals surface area contributed by atoms with Crippen LogP contribution >= 0.6 is 12.4 Å². The molecule has 84 valence electrons. The smallest absolute Gasteiger partial charge is 0.198 e. The third-order valence-electron chi connectivity index (χ3n) is 1.62. The summed E-state index contributed by atoms with van der Waals surface area (Å²) in [4.78, 5) is 5.52. The van der Waals surface area contributed by atoms with Crippen LogP contribution in [0.15, 0.2) is 4.99 Å². The molecule has 0 atom stereocenters. The molecule has 0 bridgehead atoms. The van der Waals surface area contributed by atoms with Gasteiger partial charge in [0.15, 0.2) is 11.9 Å². The Kier molecular flexibility index (Phi) is 9.54. The molecule has 0 amide bonds. The number of hydrogen-bond donors (Lipinski definition) is 3. The average Bonchev–Trinajstić information content (AvgIpc) is 2.05. The van der Waals surface area contributed by atoms with E-state index < -0.39 is 0 Å². The first-order valence-corrected chi connectivity index (χ1v) is 4.54. The third kappa shape index (κ3) is 5.64. The third-order valence-corrected chi connectivity index (χ3v) is 1.62. The number of nitrogens with two attached hydrogens (primary N) is 2. The predicted octanol–water partition coefficient (Wildman–Crippen LogP) is 0.738. The minimum absolute atomic E-state index is 0. The maximum atomic E-state index is 7.28. The van der Waals surface area contributed by atoms with Gasteiger partial charge in [-0.3, -0.25) is 15.3 Å². The molecule has 0 aromatic carbocycles. The van der Waals surface area contributed by atoms with Crippen molar-refractivity contribution >= 4 is 24.3 Å². The second-order valence-corrected chi connectivity index (χ2v) is 2.72. The molecule has 6 heteroatoms. The van der Waals surface area contributed by atoms with Gasteiger partial charge in [0.2, 0.25) is 0 Å². The summed E-state index contributed by atoms with van der Waals surface area (Å²) < 4.78 is 0. The lowest BCUT2D eigenvalue weighted by Crippen LogP contribution is -2.46. The van der Waals surface area contributed by atoms with Gasteiger partial charge in [-0.25, -0.2) is 0 Å². The van der Waals surface area contributed by atoms with Gasteiger partial charge in [-0.05, 0) is 13.3 Å². The van der Waals surface area contributed by atoms with Crippen molar-refractivity contribution in [1.82, 2.24) is 4.90 Å². The molecule has 0 fully saturated rings. The van der Waals surface area contributed by atoms with Gasteiger partial charge < -0.3 is 11.5 Å². The van der Waals surface area contributed by atoms with Crippen LogP contribution in [0.2, 0.25) is 0 Å². The number of guanidine groups is 2. The van der Waals surface area contributed by atoms with Crippen molar-refractivity contribution < 1.29 is 0 Å². The minimum Gasteiger partial charge on any atom is -0.370 e. The van der Waals surface area contributed by atoms with E-state index in [1.165, 1.54) is 4.90 Å². The number of unbranched alkanes of at least 4 members (excludes halogenated alkanes) is 1. The number of hydrogen-bond acceptors (Lipinski definition) is 2. The Balaban J connectivity index is 0. The molecule has 0 rings (SSSR count). The Hall–Kier alpha value is -0.970. The number of halogens is 1. The summed E-state index contributed by atoms with van der Waals surface area (Å²) in [6.45, 7) is 5.25. The molecule has 0 radical (unpaired) electrons. The molecule has 5 nitrogen and oxygen atoms in total. The van der Waals surface area contributed by atoms with Crippen molar-refractivity contribution in [2.24, 2.45) is 16.5 Å². The van der Waals surface area contributed by atoms with Crippen molar-refractivity contribution in [3.63, 3.8) is 0 Å². The minimum atomic E-state index is -0.0387. The Bertz CT molecular complexity index is 192. The van der Waals surface area contributed by atoms with E-state index in [9.17, 15) is 0 Å². The van der Waals surface area contributed by atoms with E-state index in [1.54, 1.807) is 0 Å². The normalized spacial score (nSPS) is 10.6. The van der Waals surface area contributed by atoms with Gasteiger partial charge in [-0.2, -0.15) is 0 Å². The first kappa shape index (κ1) is 15.5. The molecule has 0 unspecified atom stereocenters. The summed E-state index contributed by atoms with van der Waals surface area (Å²) in [5.41, 5.74) is 11.0. The van der Waals surface area contributed by atoms with Crippen molar-refractivity contribution in [3.8, 4) is 0 Å². The van der Waals surface area contributed by atoms with Gasteiger partial charge in [-0.15, -0.1) is 12.4 Å². The second kappa shape index (κ2) is 8.62. The summed E-state index contributed by atoms with van der Waals surface area (Å²) >= 11 is 0. The molecular weight excluding hydrogens is 202 g/mol. The lowest BCUT2D eigenvalue weighted by Gasteiger charge is -2.20. The Morgan fingerprint density at radius 2 is 1.93 bits per heavy atom. The molecule has 0 aliphatic carbocycles. The zero-order valence-corrected chi connectivity index (χ0v) is 9.60. The van der Waals surface area contributed by atoms with Gasteiger partial charge in [0.25, 0.3) is 0 Å². The zero-order chi connectivity index (χ0) is 10.3. The maximum absolute atomic E-state index is 7.28. The van der Waals surface area contributed by atoms with Crippen LogP contribution in [0.4, 0.5) is 0 Å². The molecule has 0 saturated heterocycles. The molecule has 0 aliphatic rings. The highest BCUT2D eigenvalue weighted by Gasteiger charge is 2.08. The summed E-state index contributed by atoms with van der Waals surface area (Å²) in [5.74, 6) is 0.298. The van der Waals surface area contributed by atoms with E-state index >= 15 is 0 Å². The Morgan fingerprint density at radius 1 is 1.36 bits per heavy atom.